The SMILES string of the molecule is COc1cc(NC(=O)c2cncc(NCc3ccco3)c2)c(OC)cc1Cl. The van der Waals surface area contributed by atoms with Crippen molar-refractivity contribution in [1.82, 2.24) is 4.98 Å². The third-order valence-electron chi connectivity index (χ3n) is 3.77. The van der Waals surface area contributed by atoms with E-state index in [4.69, 9.17) is 25.5 Å². The number of rotatable bonds is 7. The fraction of sp³-hybridized carbons (Fsp3) is 0.158. The minimum atomic E-state index is -0.341. The number of benzene rings is 1. The van der Waals surface area contributed by atoms with Crippen molar-refractivity contribution in [3.63, 3.8) is 0 Å². The highest BCUT2D eigenvalue weighted by Gasteiger charge is 2.14. The first-order valence-corrected chi connectivity index (χ1v) is 8.42. The third-order valence-corrected chi connectivity index (χ3v) is 4.06. The fourth-order valence-electron chi connectivity index (χ4n) is 2.42. The summed E-state index contributed by atoms with van der Waals surface area (Å²) in [6.45, 7) is 0.488. The monoisotopic (exact) mass is 387 g/mol. The van der Waals surface area contributed by atoms with Crippen LogP contribution in [-0.2, 0) is 6.54 Å². The second-order valence-corrected chi connectivity index (χ2v) is 5.94. The maximum absolute atomic E-state index is 12.6. The van der Waals surface area contributed by atoms with E-state index in [1.807, 2.05) is 12.1 Å². The molecule has 7 nitrogen and oxygen atoms in total. The second-order valence-electron chi connectivity index (χ2n) is 5.54. The van der Waals surface area contributed by atoms with E-state index in [2.05, 4.69) is 15.6 Å². The van der Waals surface area contributed by atoms with E-state index in [0.29, 0.717) is 40.0 Å². The number of ether oxygens (including phenoxy) is 2. The van der Waals surface area contributed by atoms with Crippen LogP contribution in [0.5, 0.6) is 11.5 Å². The summed E-state index contributed by atoms with van der Waals surface area (Å²) in [6.07, 6.45) is 4.71. The Bertz CT molecular complexity index is 929. The van der Waals surface area contributed by atoms with Crippen molar-refractivity contribution < 1.29 is 18.7 Å². The van der Waals surface area contributed by atoms with Crippen LogP contribution in [0.25, 0.3) is 0 Å². The Balaban J connectivity index is 1.75. The second kappa shape index (κ2) is 8.46. The zero-order chi connectivity index (χ0) is 19.2. The highest BCUT2D eigenvalue weighted by molar-refractivity contribution is 6.32. The number of carbonyl (C=O) groups is 1. The number of amides is 1. The molecule has 3 aromatic rings. The van der Waals surface area contributed by atoms with E-state index in [1.54, 1.807) is 30.7 Å². The van der Waals surface area contributed by atoms with Gasteiger partial charge in [-0.05, 0) is 18.2 Å². The van der Waals surface area contributed by atoms with E-state index in [1.165, 1.54) is 20.4 Å². The van der Waals surface area contributed by atoms with Crippen molar-refractivity contribution in [3.8, 4) is 11.5 Å². The summed E-state index contributed by atoms with van der Waals surface area (Å²) < 4.78 is 15.7. The molecule has 3 rings (SSSR count). The Labute approximate surface area is 161 Å². The third kappa shape index (κ3) is 4.51. The Morgan fingerprint density at radius 2 is 2.00 bits per heavy atom. The molecule has 2 heterocycles. The Hall–Kier alpha value is -3.19. The summed E-state index contributed by atoms with van der Waals surface area (Å²) in [5.74, 6) is 1.30. The molecule has 1 aromatic carbocycles. The first-order chi connectivity index (χ1) is 13.1. The number of nitrogens with one attached hydrogen (secondary N) is 2. The number of methoxy groups -OCH3 is 2. The van der Waals surface area contributed by atoms with Gasteiger partial charge in [0.05, 0.1) is 49.0 Å². The van der Waals surface area contributed by atoms with Crippen LogP contribution in [-0.4, -0.2) is 25.1 Å². The topological polar surface area (TPSA) is 85.6 Å². The van der Waals surface area contributed by atoms with Crippen LogP contribution in [0, 0.1) is 0 Å². The highest BCUT2D eigenvalue weighted by Crippen LogP contribution is 2.36. The molecule has 8 heteroatoms. The van der Waals surface area contributed by atoms with Gasteiger partial charge in [-0.15, -0.1) is 0 Å². The van der Waals surface area contributed by atoms with Crippen molar-refractivity contribution in [3.05, 3.63) is 65.3 Å². The van der Waals surface area contributed by atoms with Gasteiger partial charge in [0.15, 0.2) is 0 Å². The number of halogens is 1. The van der Waals surface area contributed by atoms with Gasteiger partial charge in [-0.1, -0.05) is 11.6 Å². The minimum absolute atomic E-state index is 0.341. The van der Waals surface area contributed by atoms with E-state index < -0.39 is 0 Å². The number of hydrogen-bond donors (Lipinski definition) is 2. The molecule has 0 bridgehead atoms. The number of hydrogen-bond acceptors (Lipinski definition) is 6. The standard InChI is InChI=1S/C19H18ClN3O4/c1-25-17-8-16(18(26-2)7-15(17)20)23-19(24)12-6-13(10-21-9-12)22-11-14-4-3-5-27-14/h3-10,22H,11H2,1-2H3,(H,23,24). The number of nitrogens with zero attached hydrogens (tertiary/aromatic N) is 1. The summed E-state index contributed by atoms with van der Waals surface area (Å²) in [7, 11) is 2.99. The van der Waals surface area contributed by atoms with Crippen molar-refractivity contribution in [2.75, 3.05) is 24.9 Å². The molecule has 0 spiro atoms. The molecule has 2 aromatic heterocycles. The van der Waals surface area contributed by atoms with Crippen LogP contribution in [0.1, 0.15) is 16.1 Å². The molecule has 0 saturated carbocycles. The lowest BCUT2D eigenvalue weighted by atomic mass is 10.2. The molecule has 0 saturated heterocycles. The Kier molecular flexibility index (Phi) is 5.83. The average Bonchev–Trinajstić information content (AvgIpc) is 3.21. The summed E-state index contributed by atoms with van der Waals surface area (Å²) in [5, 5.41) is 6.33. The van der Waals surface area contributed by atoms with Gasteiger partial charge in [-0.3, -0.25) is 9.78 Å². The summed E-state index contributed by atoms with van der Waals surface area (Å²) in [5.41, 5.74) is 1.52. The molecule has 140 valence electrons. The van der Waals surface area contributed by atoms with E-state index in [0.717, 1.165) is 5.76 Å². The predicted molar refractivity (Wildman–Crippen MR) is 103 cm³/mol. The smallest absolute Gasteiger partial charge is 0.257 e. The number of furan rings is 1. The number of pyridine rings is 1. The number of aromatic nitrogens is 1. The number of anilines is 2. The van der Waals surface area contributed by atoms with E-state index in [9.17, 15) is 4.79 Å². The first-order valence-electron chi connectivity index (χ1n) is 8.05. The molecule has 0 radical (unpaired) electrons. The summed E-state index contributed by atoms with van der Waals surface area (Å²) in [4.78, 5) is 16.7. The molecule has 0 aliphatic heterocycles. The zero-order valence-corrected chi connectivity index (χ0v) is 15.5. The molecule has 0 atom stereocenters. The molecule has 1 amide bonds. The molecule has 0 aliphatic carbocycles. The fourth-order valence-corrected chi connectivity index (χ4v) is 2.65. The van der Waals surface area contributed by atoms with Crippen LogP contribution in [0.3, 0.4) is 0 Å². The van der Waals surface area contributed by atoms with Crippen molar-refractivity contribution in [1.29, 1.82) is 0 Å². The lowest BCUT2D eigenvalue weighted by Gasteiger charge is -2.13. The van der Waals surface area contributed by atoms with Crippen molar-refractivity contribution in [2.24, 2.45) is 0 Å². The quantitative estimate of drug-likeness (QED) is 0.631. The Morgan fingerprint density at radius 1 is 1.19 bits per heavy atom. The van der Waals surface area contributed by atoms with Gasteiger partial charge in [0.2, 0.25) is 0 Å². The minimum Gasteiger partial charge on any atom is -0.495 e. The lowest BCUT2D eigenvalue weighted by molar-refractivity contribution is 0.102. The maximum atomic E-state index is 12.6. The molecule has 27 heavy (non-hydrogen) atoms. The Morgan fingerprint density at radius 3 is 2.70 bits per heavy atom. The molecule has 2 N–H and O–H groups in total. The van der Waals surface area contributed by atoms with Crippen LogP contribution in [0.15, 0.2) is 53.4 Å². The van der Waals surface area contributed by atoms with Gasteiger partial charge in [0.25, 0.3) is 5.91 Å². The molecule has 0 fully saturated rings. The zero-order valence-electron chi connectivity index (χ0n) is 14.8. The first kappa shape index (κ1) is 18.6. The largest absolute Gasteiger partial charge is 0.495 e. The molecular formula is C19H18ClN3O4. The normalized spacial score (nSPS) is 10.3. The summed E-state index contributed by atoms with van der Waals surface area (Å²) >= 11 is 6.09. The van der Waals surface area contributed by atoms with E-state index in [-0.39, 0.29) is 5.91 Å². The van der Waals surface area contributed by atoms with Crippen molar-refractivity contribution in [2.45, 2.75) is 6.54 Å². The lowest BCUT2D eigenvalue weighted by Crippen LogP contribution is -2.13. The van der Waals surface area contributed by atoms with Gasteiger partial charge in [-0.25, -0.2) is 0 Å². The van der Waals surface area contributed by atoms with Gasteiger partial charge in [-0.2, -0.15) is 0 Å². The van der Waals surface area contributed by atoms with Crippen LogP contribution in [0.2, 0.25) is 5.02 Å². The molecule has 0 aliphatic rings. The average molecular weight is 388 g/mol. The highest BCUT2D eigenvalue weighted by atomic mass is 35.5. The van der Waals surface area contributed by atoms with Crippen molar-refractivity contribution >= 4 is 28.9 Å². The number of carbonyl (C=O) groups excluding carboxylic acids is 1. The van der Waals surface area contributed by atoms with Gasteiger partial charge in [0.1, 0.15) is 17.3 Å². The van der Waals surface area contributed by atoms with Crippen LogP contribution >= 0.6 is 11.6 Å². The van der Waals surface area contributed by atoms with Gasteiger partial charge in [0, 0.05) is 24.5 Å². The van der Waals surface area contributed by atoms with Crippen LogP contribution in [0.4, 0.5) is 11.4 Å². The van der Waals surface area contributed by atoms with E-state index >= 15 is 0 Å². The predicted octanol–water partition coefficient (Wildman–Crippen LogP) is 4.21. The maximum Gasteiger partial charge on any atom is 0.257 e. The molecular weight excluding hydrogens is 370 g/mol. The van der Waals surface area contributed by atoms with Gasteiger partial charge < -0.3 is 24.5 Å². The summed E-state index contributed by atoms with van der Waals surface area (Å²) in [6, 6.07) is 8.55. The van der Waals surface area contributed by atoms with Crippen LogP contribution < -0.4 is 20.1 Å². The van der Waals surface area contributed by atoms with Gasteiger partial charge >= 0.3 is 0 Å². The molecule has 0 unspecified atom stereocenters.